The van der Waals surface area contributed by atoms with Gasteiger partial charge in [0.05, 0.1) is 10.9 Å². The van der Waals surface area contributed by atoms with Gasteiger partial charge in [-0.25, -0.2) is 0 Å². The Morgan fingerprint density at radius 1 is 1.16 bits per heavy atom. The lowest BCUT2D eigenvalue weighted by molar-refractivity contribution is -0.139. The van der Waals surface area contributed by atoms with Crippen LogP contribution in [0.2, 0.25) is 0 Å². The zero-order valence-corrected chi connectivity index (χ0v) is 18.6. The normalized spacial score (nSPS) is 24.5. The first-order valence-corrected chi connectivity index (χ1v) is 13.1. The highest BCUT2D eigenvalue weighted by atomic mass is 32.1. The molecule has 8 nitrogen and oxygen atoms in total. The first kappa shape index (κ1) is 22.3. The lowest BCUT2D eigenvalue weighted by Crippen LogP contribution is -2.53. The summed E-state index contributed by atoms with van der Waals surface area (Å²) in [6.45, 7) is 0. The number of hydrogen-bond donors (Lipinski definition) is 4. The molecular weight excluding hydrogens is 439 g/mol. The molecule has 2 amide bonds. The van der Waals surface area contributed by atoms with Gasteiger partial charge in [0.15, 0.2) is 6.16 Å². The lowest BCUT2D eigenvalue weighted by Gasteiger charge is -2.34. The van der Waals surface area contributed by atoms with Crippen LogP contribution in [0.4, 0.5) is 0 Å². The summed E-state index contributed by atoms with van der Waals surface area (Å²) in [5.41, 5.74) is 0.563. The van der Waals surface area contributed by atoms with Crippen LogP contribution in [-0.4, -0.2) is 55.8 Å². The summed E-state index contributed by atoms with van der Waals surface area (Å²) in [5.74, 6) is -0.515. The van der Waals surface area contributed by atoms with Crippen LogP contribution >= 0.6 is 19.3 Å². The predicted molar refractivity (Wildman–Crippen MR) is 119 cm³/mol. The summed E-state index contributed by atoms with van der Waals surface area (Å²) < 4.78 is 0.844. The highest BCUT2D eigenvalue weighted by Crippen LogP contribution is 2.48. The van der Waals surface area contributed by atoms with E-state index in [1.165, 1.54) is 11.3 Å². The highest BCUT2D eigenvalue weighted by molar-refractivity contribution is 7.57. The number of aldehydes is 1. The average Bonchev–Trinajstić information content (AvgIpc) is 3.30. The molecule has 2 fully saturated rings. The lowest BCUT2D eigenvalue weighted by atomic mass is 9.99. The molecule has 0 bridgehead atoms. The number of rotatable bonds is 5. The van der Waals surface area contributed by atoms with E-state index in [2.05, 4.69) is 5.32 Å². The summed E-state index contributed by atoms with van der Waals surface area (Å²) in [6.07, 6.45) is 5.35. The predicted octanol–water partition coefficient (Wildman–Crippen LogP) is 2.37. The molecule has 3 atom stereocenters. The van der Waals surface area contributed by atoms with Crippen molar-refractivity contribution in [1.29, 1.82) is 0 Å². The quantitative estimate of drug-likeness (QED) is 0.397. The van der Waals surface area contributed by atoms with E-state index in [0.717, 1.165) is 42.1 Å². The molecule has 2 saturated heterocycles. The van der Waals surface area contributed by atoms with Crippen molar-refractivity contribution in [2.24, 2.45) is 0 Å². The maximum absolute atomic E-state index is 13.2. The molecule has 0 unspecified atom stereocenters. The number of thiophene rings is 1. The molecule has 166 valence electrons. The van der Waals surface area contributed by atoms with Crippen LogP contribution in [0.5, 0.6) is 0 Å². The largest absolute Gasteiger partial charge is 0.408 e. The van der Waals surface area contributed by atoms with Gasteiger partial charge in [0.25, 0.3) is 5.91 Å². The molecule has 1 aromatic heterocycles. The summed E-state index contributed by atoms with van der Waals surface area (Å²) in [5, 5.41) is 3.63. The van der Waals surface area contributed by atoms with E-state index in [9.17, 15) is 29.1 Å². The van der Waals surface area contributed by atoms with Gasteiger partial charge in [0, 0.05) is 10.7 Å². The van der Waals surface area contributed by atoms with E-state index in [1.54, 1.807) is 29.2 Å². The fourth-order valence-electron chi connectivity index (χ4n) is 4.62. The van der Waals surface area contributed by atoms with Gasteiger partial charge in [0.2, 0.25) is 5.91 Å². The van der Waals surface area contributed by atoms with E-state index < -0.39 is 20.0 Å². The second kappa shape index (κ2) is 8.92. The molecule has 2 aromatic rings. The molecule has 4 N–H and O–H groups in total. The summed E-state index contributed by atoms with van der Waals surface area (Å²) in [6, 6.07) is 5.88. The number of carbonyl (C=O) groups is 3. The Kier molecular flexibility index (Phi) is 6.42. The van der Waals surface area contributed by atoms with E-state index in [4.69, 9.17) is 0 Å². The maximum atomic E-state index is 13.2. The Morgan fingerprint density at radius 3 is 2.68 bits per heavy atom. The van der Waals surface area contributed by atoms with Gasteiger partial charge in [-0.15, -0.1) is 11.3 Å². The van der Waals surface area contributed by atoms with Crippen LogP contribution in [0.15, 0.2) is 24.3 Å². The second-order valence-corrected chi connectivity index (χ2v) is 11.1. The average molecular weight is 465 g/mol. The van der Waals surface area contributed by atoms with Crippen molar-refractivity contribution in [2.75, 3.05) is 0 Å². The summed E-state index contributed by atoms with van der Waals surface area (Å²) in [4.78, 5) is 67.5. The Hall–Kier alpha value is -1.90. The zero-order valence-electron chi connectivity index (χ0n) is 16.9. The van der Waals surface area contributed by atoms with Crippen molar-refractivity contribution >= 4 is 47.5 Å². The molecule has 3 heterocycles. The Bertz CT molecular complexity index is 1000. The Morgan fingerprint density at radius 2 is 1.94 bits per heavy atom. The van der Waals surface area contributed by atoms with Crippen molar-refractivity contribution in [3.63, 3.8) is 0 Å². The number of hydrogen-bond acceptors (Lipinski definition) is 7. The fraction of sp³-hybridized carbons (Fsp3) is 0.476. The van der Waals surface area contributed by atoms with E-state index >= 15 is 0 Å². The number of fused-ring (bicyclic) bond motifs is 2. The first-order valence-electron chi connectivity index (χ1n) is 10.4. The monoisotopic (exact) mass is 465 g/mol. The van der Waals surface area contributed by atoms with Gasteiger partial charge in [-0.2, -0.15) is 14.7 Å². The van der Waals surface area contributed by atoms with Crippen LogP contribution in [0, 0.1) is 0 Å². The van der Waals surface area contributed by atoms with Crippen LogP contribution < -0.4 is 5.32 Å². The molecule has 0 saturated carbocycles. The standard InChI is InChI=1S/C21H25N2O6PS/c24-11-16-7-6-15-3-1-2-4-17(21(26)23(15)16)22-20(25)19-10-14-9-13(12-30(27,28)29)5-8-18(14)31-19/h5,8-11,15-17,27-29H,1-4,6-7,12H2/p+1/t15-,16-,17-/m0/s1. The molecule has 0 radical (unpaired) electrons. The molecule has 1 aromatic carbocycles. The fourth-order valence-corrected chi connectivity index (χ4v) is 6.25. The van der Waals surface area contributed by atoms with Crippen molar-refractivity contribution in [3.8, 4) is 0 Å². The minimum absolute atomic E-state index is 0.0738. The van der Waals surface area contributed by atoms with Gasteiger partial charge >= 0.3 is 7.94 Å². The van der Waals surface area contributed by atoms with Gasteiger partial charge in [0.1, 0.15) is 12.3 Å². The van der Waals surface area contributed by atoms with Gasteiger partial charge < -0.3 is 15.0 Å². The van der Waals surface area contributed by atoms with Crippen LogP contribution in [0.25, 0.3) is 10.1 Å². The maximum Gasteiger partial charge on any atom is 0.408 e. The van der Waals surface area contributed by atoms with E-state index in [1.807, 2.05) is 0 Å². The molecule has 0 spiro atoms. The van der Waals surface area contributed by atoms with E-state index in [0.29, 0.717) is 23.3 Å². The SMILES string of the molecule is O=C[C@@H]1CC[C@@H]2CCCC[C@H](NC(=O)c3cc4cc(C[P+](O)(O)O)ccc4s3)C(=O)N21. The van der Waals surface area contributed by atoms with Crippen molar-refractivity contribution in [2.45, 2.75) is 62.8 Å². The topological polar surface area (TPSA) is 127 Å². The number of amides is 2. The van der Waals surface area contributed by atoms with Gasteiger partial charge in [-0.05, 0) is 54.8 Å². The number of benzene rings is 1. The molecule has 4 rings (SSSR count). The number of carbonyl (C=O) groups excluding carboxylic acids is 3. The third-order valence-corrected chi connectivity index (χ3v) is 7.94. The molecule has 31 heavy (non-hydrogen) atoms. The highest BCUT2D eigenvalue weighted by Gasteiger charge is 2.40. The minimum atomic E-state index is -3.93. The summed E-state index contributed by atoms with van der Waals surface area (Å²) in [7, 11) is -3.93. The van der Waals surface area contributed by atoms with Crippen LogP contribution in [0.3, 0.4) is 0 Å². The van der Waals surface area contributed by atoms with Crippen LogP contribution in [0.1, 0.15) is 53.8 Å². The van der Waals surface area contributed by atoms with Gasteiger partial charge in [-0.1, -0.05) is 18.9 Å². The molecule has 2 aliphatic heterocycles. The Balaban J connectivity index is 1.51. The first-order chi connectivity index (χ1) is 14.7. The summed E-state index contributed by atoms with van der Waals surface area (Å²) >= 11 is 1.28. The number of nitrogens with zero attached hydrogens (tertiary/aromatic N) is 1. The third kappa shape index (κ3) is 4.96. The van der Waals surface area contributed by atoms with Crippen LogP contribution in [-0.2, 0) is 15.8 Å². The molecular formula is C21H26N2O6PS+. The van der Waals surface area contributed by atoms with Crippen molar-refractivity contribution in [1.82, 2.24) is 10.2 Å². The van der Waals surface area contributed by atoms with E-state index in [-0.39, 0.29) is 24.0 Å². The smallest absolute Gasteiger partial charge is 0.340 e. The Labute approximate surface area is 184 Å². The van der Waals surface area contributed by atoms with Gasteiger partial charge in [-0.3, -0.25) is 9.59 Å². The molecule has 2 aliphatic rings. The second-order valence-electron chi connectivity index (χ2n) is 8.32. The zero-order chi connectivity index (χ0) is 22.2. The van der Waals surface area contributed by atoms with Crippen molar-refractivity contribution < 1.29 is 29.1 Å². The molecule has 10 heteroatoms. The minimum Gasteiger partial charge on any atom is -0.340 e. The molecule has 0 aliphatic carbocycles. The number of nitrogens with one attached hydrogen (secondary N) is 1. The van der Waals surface area contributed by atoms with Crippen molar-refractivity contribution in [3.05, 3.63) is 34.7 Å². The third-order valence-electron chi connectivity index (χ3n) is 6.04.